The molecular weight excluding hydrogens is 418 g/mol. The van der Waals surface area contributed by atoms with Crippen molar-refractivity contribution < 1.29 is 34.1 Å². The molecule has 0 spiro atoms. The van der Waals surface area contributed by atoms with Crippen molar-refractivity contribution in [3.05, 3.63) is 53.7 Å². The predicted octanol–water partition coefficient (Wildman–Crippen LogP) is 1.87. The zero-order valence-corrected chi connectivity index (χ0v) is 17.6. The van der Waals surface area contributed by atoms with Crippen molar-refractivity contribution >= 4 is 18.4 Å². The molecule has 4 heterocycles. The molecule has 4 rings (SSSR count). The van der Waals surface area contributed by atoms with Crippen LogP contribution in [0.15, 0.2) is 41.1 Å². The van der Waals surface area contributed by atoms with Gasteiger partial charge in [-0.2, -0.15) is 0 Å². The molecule has 2 aromatic heterocycles. The quantitative estimate of drug-likeness (QED) is 0.515. The minimum Gasteiger partial charge on any atom is -0.483 e. The van der Waals surface area contributed by atoms with Crippen LogP contribution < -0.4 is 0 Å². The van der Waals surface area contributed by atoms with Gasteiger partial charge in [0.1, 0.15) is 5.76 Å². The minimum absolute atomic E-state index is 0.0523. The van der Waals surface area contributed by atoms with E-state index in [1.54, 1.807) is 18.5 Å². The molecule has 0 aromatic carbocycles. The largest absolute Gasteiger partial charge is 0.483 e. The molecule has 0 aliphatic carbocycles. The highest BCUT2D eigenvalue weighted by atomic mass is 16.4. The molecule has 2 atom stereocenters. The number of furan rings is 1. The molecular formula is C22H27N3O7. The van der Waals surface area contributed by atoms with E-state index in [0.29, 0.717) is 24.6 Å². The van der Waals surface area contributed by atoms with E-state index in [9.17, 15) is 14.7 Å². The highest BCUT2D eigenvalue weighted by Crippen LogP contribution is 2.46. The zero-order valence-electron chi connectivity index (χ0n) is 17.6. The first-order valence-electron chi connectivity index (χ1n) is 10.3. The molecule has 2 aliphatic rings. The maximum Gasteiger partial charge on any atom is 0.371 e. The van der Waals surface area contributed by atoms with E-state index < -0.39 is 11.9 Å². The van der Waals surface area contributed by atoms with Gasteiger partial charge in [-0.3, -0.25) is 24.4 Å². The molecule has 2 fully saturated rings. The van der Waals surface area contributed by atoms with E-state index in [-0.39, 0.29) is 24.1 Å². The number of aromatic nitrogens is 1. The Kier molecular flexibility index (Phi) is 7.60. The first-order chi connectivity index (χ1) is 15.3. The second-order valence-corrected chi connectivity index (χ2v) is 8.32. The van der Waals surface area contributed by atoms with Crippen LogP contribution in [0.1, 0.15) is 34.7 Å². The first kappa shape index (κ1) is 23.4. The minimum atomic E-state index is -1.07. The fourth-order valence-corrected chi connectivity index (χ4v) is 4.90. The van der Waals surface area contributed by atoms with Gasteiger partial charge in [-0.1, -0.05) is 0 Å². The van der Waals surface area contributed by atoms with E-state index >= 15 is 0 Å². The summed E-state index contributed by atoms with van der Waals surface area (Å²) in [6.45, 7) is 4.58. The molecule has 3 N–H and O–H groups in total. The number of rotatable bonds is 8. The van der Waals surface area contributed by atoms with Crippen LogP contribution in [0.25, 0.3) is 0 Å². The number of hydrogen-bond acceptors (Lipinski definition) is 7. The van der Waals surface area contributed by atoms with Crippen molar-refractivity contribution in [2.24, 2.45) is 11.3 Å². The molecule has 10 heteroatoms. The molecule has 2 unspecified atom stereocenters. The number of likely N-dealkylation sites (tertiary alicyclic amines) is 2. The second kappa shape index (κ2) is 10.4. The summed E-state index contributed by atoms with van der Waals surface area (Å²) < 4.78 is 5.41. The van der Waals surface area contributed by atoms with Gasteiger partial charge in [0, 0.05) is 57.0 Å². The zero-order chi connectivity index (χ0) is 23.1. The average Bonchev–Trinajstić information content (AvgIpc) is 3.41. The van der Waals surface area contributed by atoms with Crippen LogP contribution >= 0.6 is 0 Å². The summed E-state index contributed by atoms with van der Waals surface area (Å²) in [5.74, 6) is -0.869. The van der Waals surface area contributed by atoms with E-state index in [0.717, 1.165) is 32.7 Å². The Balaban J connectivity index is 0.000000913. The summed E-state index contributed by atoms with van der Waals surface area (Å²) in [4.78, 5) is 39.4. The van der Waals surface area contributed by atoms with E-state index in [4.69, 9.17) is 19.4 Å². The summed E-state index contributed by atoms with van der Waals surface area (Å²) in [6.07, 6.45) is 4.40. The Morgan fingerprint density at radius 2 is 1.72 bits per heavy atom. The number of carboxylic acid groups (broad SMARTS) is 3. The van der Waals surface area contributed by atoms with Crippen LogP contribution in [0.5, 0.6) is 0 Å². The van der Waals surface area contributed by atoms with Gasteiger partial charge >= 0.3 is 11.9 Å². The monoisotopic (exact) mass is 445 g/mol. The summed E-state index contributed by atoms with van der Waals surface area (Å²) in [5, 5.41) is 25.2. The number of hydrogen-bond donors (Lipinski definition) is 3. The lowest BCUT2D eigenvalue weighted by Gasteiger charge is -2.29. The van der Waals surface area contributed by atoms with Gasteiger partial charge in [-0.05, 0) is 42.2 Å². The third-order valence-corrected chi connectivity index (χ3v) is 6.14. The lowest BCUT2D eigenvalue weighted by atomic mass is 9.77. The molecule has 2 aromatic rings. The summed E-state index contributed by atoms with van der Waals surface area (Å²) >= 11 is 0. The molecule has 0 bridgehead atoms. The van der Waals surface area contributed by atoms with Crippen LogP contribution in [0.4, 0.5) is 0 Å². The highest BCUT2D eigenvalue weighted by Gasteiger charge is 2.51. The maximum absolute atomic E-state index is 11.2. The first-order valence-corrected chi connectivity index (χ1v) is 10.3. The van der Waals surface area contributed by atoms with Gasteiger partial charge in [0.05, 0.1) is 6.54 Å². The lowest BCUT2D eigenvalue weighted by molar-refractivity contribution is -0.137. The summed E-state index contributed by atoms with van der Waals surface area (Å²) in [7, 11) is 0. The van der Waals surface area contributed by atoms with Crippen molar-refractivity contribution in [3.8, 4) is 0 Å². The van der Waals surface area contributed by atoms with Gasteiger partial charge < -0.3 is 19.7 Å². The van der Waals surface area contributed by atoms with Crippen molar-refractivity contribution in [1.82, 2.24) is 14.8 Å². The number of aromatic carboxylic acids is 1. The number of pyridine rings is 1. The van der Waals surface area contributed by atoms with Crippen LogP contribution in [0.2, 0.25) is 0 Å². The maximum atomic E-state index is 11.2. The van der Waals surface area contributed by atoms with Crippen molar-refractivity contribution in [3.63, 3.8) is 0 Å². The van der Waals surface area contributed by atoms with Gasteiger partial charge in [-0.25, -0.2) is 4.79 Å². The topological polar surface area (TPSA) is 144 Å². The average molecular weight is 445 g/mol. The van der Waals surface area contributed by atoms with Gasteiger partial charge in [-0.15, -0.1) is 0 Å². The van der Waals surface area contributed by atoms with Gasteiger partial charge in [0.2, 0.25) is 5.76 Å². The smallest absolute Gasteiger partial charge is 0.371 e. The number of nitrogens with zero attached hydrogens (tertiary/aromatic N) is 3. The number of carboxylic acids is 2. The van der Waals surface area contributed by atoms with Crippen LogP contribution in [-0.4, -0.2) is 74.7 Å². The molecule has 0 saturated carbocycles. The molecule has 0 amide bonds. The van der Waals surface area contributed by atoms with Crippen LogP contribution in [-0.2, 0) is 22.7 Å². The summed E-state index contributed by atoms with van der Waals surface area (Å²) in [6, 6.07) is 7.21. The molecule has 2 aliphatic heterocycles. The summed E-state index contributed by atoms with van der Waals surface area (Å²) in [5.41, 5.74) is 1.15. The standard InChI is InChI=1S/C21H25N3O5.CH2O2/c25-19(26)3-6-21-13-23(9-15-4-7-22-8-5-15)10-16(21)11-24(14-21)12-17-1-2-18(29-17)20(27)28;2-1-3/h1-2,4-5,7-8,16H,3,6,9-14H2,(H,25,26)(H,27,28);1H,(H,2,3). The third kappa shape index (κ3) is 5.71. The fraction of sp³-hybridized carbons (Fsp3) is 0.455. The third-order valence-electron chi connectivity index (χ3n) is 6.14. The molecule has 2 saturated heterocycles. The number of aliphatic carboxylic acids is 1. The number of carbonyl (C=O) groups is 3. The lowest BCUT2D eigenvalue weighted by Crippen LogP contribution is -2.34. The normalized spacial score (nSPS) is 22.7. The van der Waals surface area contributed by atoms with E-state index in [1.165, 1.54) is 11.6 Å². The Bertz CT molecular complexity index is 933. The molecule has 10 nitrogen and oxygen atoms in total. The van der Waals surface area contributed by atoms with Crippen LogP contribution in [0.3, 0.4) is 0 Å². The molecule has 0 radical (unpaired) electrons. The SMILES string of the molecule is O=C(O)CCC12CN(Cc3ccncc3)CC1CN(Cc1ccc(C(=O)O)o1)C2.O=CO. The van der Waals surface area contributed by atoms with Crippen molar-refractivity contribution in [1.29, 1.82) is 0 Å². The second-order valence-electron chi connectivity index (χ2n) is 8.32. The highest BCUT2D eigenvalue weighted by molar-refractivity contribution is 5.84. The predicted molar refractivity (Wildman–Crippen MR) is 112 cm³/mol. The Hall–Kier alpha value is -3.24. The van der Waals surface area contributed by atoms with Crippen molar-refractivity contribution in [2.45, 2.75) is 25.9 Å². The van der Waals surface area contributed by atoms with Gasteiger partial charge in [0.15, 0.2) is 0 Å². The van der Waals surface area contributed by atoms with E-state index in [2.05, 4.69) is 14.8 Å². The van der Waals surface area contributed by atoms with Crippen molar-refractivity contribution in [2.75, 3.05) is 26.2 Å². The van der Waals surface area contributed by atoms with E-state index in [1.807, 2.05) is 12.1 Å². The van der Waals surface area contributed by atoms with Gasteiger partial charge in [0.25, 0.3) is 6.47 Å². The number of fused-ring (bicyclic) bond motifs is 1. The fourth-order valence-electron chi connectivity index (χ4n) is 4.90. The van der Waals surface area contributed by atoms with Crippen LogP contribution in [0, 0.1) is 11.3 Å². The Morgan fingerprint density at radius 1 is 1.09 bits per heavy atom. The Labute approximate surface area is 185 Å². The Morgan fingerprint density at radius 3 is 2.28 bits per heavy atom. The molecule has 172 valence electrons. The molecule has 32 heavy (non-hydrogen) atoms.